The molecule has 2 heterocycles. The summed E-state index contributed by atoms with van der Waals surface area (Å²) >= 11 is 0. The first-order chi connectivity index (χ1) is 7.34. The fraction of sp³-hybridized carbons (Fsp3) is 0.600. The van der Waals surface area contributed by atoms with Gasteiger partial charge in [-0.3, -0.25) is 9.48 Å². The number of hydrogen-bond donors (Lipinski definition) is 2. The summed E-state index contributed by atoms with van der Waals surface area (Å²) in [7, 11) is 0. The summed E-state index contributed by atoms with van der Waals surface area (Å²) in [5.74, 6) is 1.41. The van der Waals surface area contributed by atoms with Gasteiger partial charge in [0.1, 0.15) is 6.54 Å². The van der Waals surface area contributed by atoms with E-state index in [1.54, 1.807) is 17.1 Å². The molecule has 1 aromatic rings. The summed E-state index contributed by atoms with van der Waals surface area (Å²) in [4.78, 5) is 11.6. The van der Waals surface area contributed by atoms with Crippen LogP contribution < -0.4 is 10.6 Å². The average Bonchev–Trinajstić information content (AvgIpc) is 2.65. The molecule has 2 atom stereocenters. The van der Waals surface area contributed by atoms with Crippen LogP contribution in [0.2, 0.25) is 0 Å². The van der Waals surface area contributed by atoms with Crippen LogP contribution in [-0.2, 0) is 11.3 Å². The van der Waals surface area contributed by atoms with Crippen molar-refractivity contribution in [1.29, 1.82) is 0 Å². The Kier molecular flexibility index (Phi) is 1.98. The van der Waals surface area contributed by atoms with Crippen LogP contribution in [0.3, 0.4) is 0 Å². The maximum Gasteiger partial charge on any atom is 0.241 e. The summed E-state index contributed by atoms with van der Waals surface area (Å²) in [6.07, 6.45) is 3.48. The molecule has 1 aromatic heterocycles. The van der Waals surface area contributed by atoms with E-state index >= 15 is 0 Å². The molecule has 2 unspecified atom stereocenters. The minimum Gasteiger partial charge on any atom is -0.351 e. The Morgan fingerprint density at radius 2 is 2.33 bits per heavy atom. The molecule has 0 aromatic carbocycles. The number of rotatable bonds is 3. The zero-order valence-electron chi connectivity index (χ0n) is 8.39. The zero-order chi connectivity index (χ0) is 10.3. The topological polar surface area (TPSA) is 59.0 Å². The van der Waals surface area contributed by atoms with Gasteiger partial charge in [0, 0.05) is 31.5 Å². The first-order valence-corrected chi connectivity index (χ1v) is 5.32. The van der Waals surface area contributed by atoms with E-state index in [0.29, 0.717) is 24.4 Å². The standard InChI is InChI=1S/C10H14N4O/c15-9(6-14-3-1-2-12-14)13-10-7-4-11-5-8(7)10/h1-3,7-8,10-11H,4-6H2,(H,13,15). The average molecular weight is 206 g/mol. The predicted octanol–water partition coefficient (Wildman–Crippen LogP) is -0.783. The molecule has 5 nitrogen and oxygen atoms in total. The van der Waals surface area contributed by atoms with Crippen molar-refractivity contribution in [3.63, 3.8) is 0 Å². The fourth-order valence-corrected chi connectivity index (χ4v) is 2.41. The third-order valence-electron chi connectivity index (χ3n) is 3.28. The lowest BCUT2D eigenvalue weighted by molar-refractivity contribution is -0.122. The highest BCUT2D eigenvalue weighted by atomic mass is 16.2. The molecule has 0 radical (unpaired) electrons. The van der Waals surface area contributed by atoms with Crippen LogP contribution in [-0.4, -0.2) is 34.8 Å². The zero-order valence-corrected chi connectivity index (χ0v) is 8.39. The van der Waals surface area contributed by atoms with Gasteiger partial charge in [-0.25, -0.2) is 0 Å². The molecular formula is C10H14N4O. The summed E-state index contributed by atoms with van der Waals surface area (Å²) in [6.45, 7) is 2.44. The molecule has 2 fully saturated rings. The van der Waals surface area contributed by atoms with Crippen LogP contribution >= 0.6 is 0 Å². The van der Waals surface area contributed by atoms with Crippen molar-refractivity contribution in [3.8, 4) is 0 Å². The van der Waals surface area contributed by atoms with Crippen molar-refractivity contribution in [2.75, 3.05) is 13.1 Å². The highest BCUT2D eigenvalue weighted by Crippen LogP contribution is 2.41. The van der Waals surface area contributed by atoms with Gasteiger partial charge in [0.15, 0.2) is 0 Å². The van der Waals surface area contributed by atoms with E-state index in [0.717, 1.165) is 13.1 Å². The maximum absolute atomic E-state index is 11.6. The molecule has 80 valence electrons. The lowest BCUT2D eigenvalue weighted by Crippen LogP contribution is -2.34. The van der Waals surface area contributed by atoms with Crippen LogP contribution in [0, 0.1) is 11.8 Å². The molecule has 15 heavy (non-hydrogen) atoms. The molecule has 2 aliphatic rings. The van der Waals surface area contributed by atoms with Crippen molar-refractivity contribution in [2.45, 2.75) is 12.6 Å². The smallest absolute Gasteiger partial charge is 0.241 e. The van der Waals surface area contributed by atoms with E-state index in [-0.39, 0.29) is 5.91 Å². The Morgan fingerprint density at radius 3 is 3.00 bits per heavy atom. The van der Waals surface area contributed by atoms with E-state index in [4.69, 9.17) is 0 Å². The third kappa shape index (κ3) is 1.63. The number of aromatic nitrogens is 2. The van der Waals surface area contributed by atoms with Crippen molar-refractivity contribution in [1.82, 2.24) is 20.4 Å². The number of carbonyl (C=O) groups is 1. The Bertz CT molecular complexity index is 352. The molecule has 1 aliphatic heterocycles. The van der Waals surface area contributed by atoms with Crippen LogP contribution in [0.15, 0.2) is 18.5 Å². The number of nitrogens with zero attached hydrogens (tertiary/aromatic N) is 2. The number of hydrogen-bond acceptors (Lipinski definition) is 3. The van der Waals surface area contributed by atoms with E-state index in [1.165, 1.54) is 0 Å². The van der Waals surface area contributed by atoms with Gasteiger partial charge in [0.2, 0.25) is 5.91 Å². The number of piperidine rings is 1. The molecule has 0 spiro atoms. The number of amides is 1. The van der Waals surface area contributed by atoms with Gasteiger partial charge in [-0.05, 0) is 17.9 Å². The Labute approximate surface area is 87.8 Å². The summed E-state index contributed by atoms with van der Waals surface area (Å²) in [5.41, 5.74) is 0. The van der Waals surface area contributed by atoms with Gasteiger partial charge in [0.05, 0.1) is 0 Å². The minimum absolute atomic E-state index is 0.0677. The van der Waals surface area contributed by atoms with Gasteiger partial charge in [-0.15, -0.1) is 0 Å². The SMILES string of the molecule is O=C(Cn1cccn1)NC1C2CNCC21. The third-order valence-corrected chi connectivity index (χ3v) is 3.28. The molecule has 1 saturated carbocycles. The Hall–Kier alpha value is -1.36. The summed E-state index contributed by atoms with van der Waals surface area (Å²) in [6, 6.07) is 2.23. The summed E-state index contributed by atoms with van der Waals surface area (Å²) < 4.78 is 1.64. The normalized spacial score (nSPS) is 32.4. The second-order valence-electron chi connectivity index (χ2n) is 4.28. The minimum atomic E-state index is 0.0677. The van der Waals surface area contributed by atoms with E-state index in [2.05, 4.69) is 15.7 Å². The maximum atomic E-state index is 11.6. The molecule has 3 rings (SSSR count). The number of fused-ring (bicyclic) bond motifs is 1. The molecule has 1 saturated heterocycles. The molecule has 0 bridgehead atoms. The van der Waals surface area contributed by atoms with Crippen LogP contribution in [0.4, 0.5) is 0 Å². The van der Waals surface area contributed by atoms with Gasteiger partial charge in [-0.1, -0.05) is 0 Å². The first kappa shape index (κ1) is 8.91. The Morgan fingerprint density at radius 1 is 1.53 bits per heavy atom. The highest BCUT2D eigenvalue weighted by molar-refractivity contribution is 5.76. The van der Waals surface area contributed by atoms with E-state index in [1.807, 2.05) is 6.07 Å². The largest absolute Gasteiger partial charge is 0.351 e. The van der Waals surface area contributed by atoms with E-state index in [9.17, 15) is 4.79 Å². The van der Waals surface area contributed by atoms with Crippen molar-refractivity contribution < 1.29 is 4.79 Å². The van der Waals surface area contributed by atoms with Crippen molar-refractivity contribution in [3.05, 3.63) is 18.5 Å². The summed E-state index contributed by atoms with van der Waals surface area (Å²) in [5, 5.41) is 10.4. The second-order valence-corrected chi connectivity index (χ2v) is 4.28. The predicted molar refractivity (Wildman–Crippen MR) is 54.0 cm³/mol. The second kappa shape index (κ2) is 3.34. The molecule has 2 N–H and O–H groups in total. The van der Waals surface area contributed by atoms with Crippen LogP contribution in [0.1, 0.15) is 0 Å². The highest BCUT2D eigenvalue weighted by Gasteiger charge is 2.53. The van der Waals surface area contributed by atoms with Crippen LogP contribution in [0.25, 0.3) is 0 Å². The van der Waals surface area contributed by atoms with Crippen molar-refractivity contribution in [2.24, 2.45) is 11.8 Å². The van der Waals surface area contributed by atoms with Crippen LogP contribution in [0.5, 0.6) is 0 Å². The van der Waals surface area contributed by atoms with Gasteiger partial charge in [-0.2, -0.15) is 5.10 Å². The molecule has 1 aliphatic carbocycles. The molecule has 5 heteroatoms. The van der Waals surface area contributed by atoms with Gasteiger partial charge in [0.25, 0.3) is 0 Å². The monoisotopic (exact) mass is 206 g/mol. The lowest BCUT2D eigenvalue weighted by atomic mass is 10.4. The molecule has 1 amide bonds. The number of carbonyl (C=O) groups excluding carboxylic acids is 1. The molecular weight excluding hydrogens is 192 g/mol. The van der Waals surface area contributed by atoms with Gasteiger partial charge < -0.3 is 10.6 Å². The number of nitrogens with one attached hydrogen (secondary N) is 2. The van der Waals surface area contributed by atoms with Gasteiger partial charge >= 0.3 is 0 Å². The van der Waals surface area contributed by atoms with Crippen molar-refractivity contribution >= 4 is 5.91 Å². The van der Waals surface area contributed by atoms with E-state index < -0.39 is 0 Å². The Balaban J connectivity index is 1.50. The fourth-order valence-electron chi connectivity index (χ4n) is 2.41. The first-order valence-electron chi connectivity index (χ1n) is 5.32. The lowest BCUT2D eigenvalue weighted by Gasteiger charge is -2.07. The quantitative estimate of drug-likeness (QED) is 0.682.